The molecule has 0 atom stereocenters. The molecular formula is C13H14O2S2. The number of hydrogen-bond acceptors (Lipinski definition) is 4. The average molecular weight is 266 g/mol. The Labute approximate surface area is 109 Å². The Bertz CT molecular complexity index is 524. The maximum atomic E-state index is 12.4. The minimum absolute atomic E-state index is 0.000509. The fourth-order valence-corrected chi connectivity index (χ4v) is 3.98. The van der Waals surface area contributed by atoms with E-state index < -0.39 is 0 Å². The van der Waals surface area contributed by atoms with Crippen LogP contribution in [0.25, 0.3) is 0 Å². The zero-order valence-corrected chi connectivity index (χ0v) is 11.7. The number of hydrogen-bond donors (Lipinski definition) is 0. The highest BCUT2D eigenvalue weighted by molar-refractivity contribution is 8.00. The van der Waals surface area contributed by atoms with Gasteiger partial charge in [0.15, 0.2) is 5.76 Å². The summed E-state index contributed by atoms with van der Waals surface area (Å²) in [6.45, 7) is 4.15. The molecule has 0 unspecified atom stereocenters. The van der Waals surface area contributed by atoms with Gasteiger partial charge in [-0.25, -0.2) is 0 Å². The molecule has 0 radical (unpaired) electrons. The molecule has 2 nitrogen and oxygen atoms in total. The van der Waals surface area contributed by atoms with E-state index in [9.17, 15) is 4.79 Å². The van der Waals surface area contributed by atoms with Crippen LogP contribution in [-0.4, -0.2) is 12.0 Å². The van der Waals surface area contributed by atoms with E-state index >= 15 is 0 Å². The van der Waals surface area contributed by atoms with Gasteiger partial charge in [-0.05, 0) is 37.3 Å². The van der Waals surface area contributed by atoms with Crippen LogP contribution < -0.4 is 0 Å². The summed E-state index contributed by atoms with van der Waals surface area (Å²) in [5.74, 6) is 0.424. The first-order valence-electron chi connectivity index (χ1n) is 5.43. The van der Waals surface area contributed by atoms with Gasteiger partial charge in [0.2, 0.25) is 5.78 Å². The van der Waals surface area contributed by atoms with Gasteiger partial charge in [0, 0.05) is 4.88 Å². The molecule has 0 fully saturated rings. The molecule has 0 N–H and O–H groups in total. The number of thioether (sulfide) groups is 1. The first-order chi connectivity index (χ1) is 8.19. The maximum Gasteiger partial charge on any atom is 0.230 e. The quantitative estimate of drug-likeness (QED) is 0.614. The zero-order valence-electron chi connectivity index (χ0n) is 10.1. The molecule has 2 aromatic rings. The van der Waals surface area contributed by atoms with E-state index in [-0.39, 0.29) is 5.78 Å². The summed E-state index contributed by atoms with van der Waals surface area (Å²) < 4.78 is 6.29. The van der Waals surface area contributed by atoms with E-state index in [2.05, 4.69) is 13.8 Å². The van der Waals surface area contributed by atoms with Crippen LogP contribution in [0, 0.1) is 6.92 Å². The molecule has 2 rings (SSSR count). The smallest absolute Gasteiger partial charge is 0.230 e. The third-order valence-corrected chi connectivity index (χ3v) is 4.95. The Balaban J connectivity index is 2.54. The van der Waals surface area contributed by atoms with Crippen molar-refractivity contribution in [3.8, 4) is 0 Å². The Kier molecular flexibility index (Phi) is 3.74. The van der Waals surface area contributed by atoms with Crippen molar-refractivity contribution in [3.05, 3.63) is 40.2 Å². The lowest BCUT2D eigenvalue weighted by Gasteiger charge is -2.02. The van der Waals surface area contributed by atoms with Gasteiger partial charge in [0.05, 0.1) is 16.0 Å². The van der Waals surface area contributed by atoms with Crippen molar-refractivity contribution >= 4 is 28.9 Å². The van der Waals surface area contributed by atoms with Crippen LogP contribution in [0.3, 0.4) is 0 Å². The molecule has 0 bridgehead atoms. The number of rotatable bonds is 4. The summed E-state index contributed by atoms with van der Waals surface area (Å²) in [4.78, 5) is 13.6. The minimum atomic E-state index is 0.000509. The van der Waals surface area contributed by atoms with Gasteiger partial charge in [-0.1, -0.05) is 6.92 Å². The normalized spacial score (nSPS) is 10.8. The predicted octanol–water partition coefficient (Wildman–Crippen LogP) is 4.16. The van der Waals surface area contributed by atoms with Crippen LogP contribution in [0.15, 0.2) is 27.0 Å². The maximum absolute atomic E-state index is 12.4. The van der Waals surface area contributed by atoms with Crippen molar-refractivity contribution in [1.29, 1.82) is 0 Å². The summed E-state index contributed by atoms with van der Waals surface area (Å²) in [5.41, 5.74) is 1.98. The van der Waals surface area contributed by atoms with Crippen molar-refractivity contribution < 1.29 is 9.21 Å². The fraction of sp³-hybridized carbons (Fsp3) is 0.308. The molecule has 17 heavy (non-hydrogen) atoms. The topological polar surface area (TPSA) is 30.2 Å². The van der Waals surface area contributed by atoms with Crippen molar-refractivity contribution in [1.82, 2.24) is 0 Å². The highest BCUT2D eigenvalue weighted by atomic mass is 32.2. The van der Waals surface area contributed by atoms with Gasteiger partial charge in [-0.2, -0.15) is 0 Å². The van der Waals surface area contributed by atoms with Gasteiger partial charge in [0.1, 0.15) is 0 Å². The fourth-order valence-electron chi connectivity index (χ4n) is 1.88. The van der Waals surface area contributed by atoms with Crippen LogP contribution in [0.1, 0.15) is 33.5 Å². The van der Waals surface area contributed by atoms with Gasteiger partial charge in [-0.15, -0.1) is 23.1 Å². The summed E-state index contributed by atoms with van der Waals surface area (Å²) in [6, 6.07) is 3.47. The number of carbonyl (C=O) groups excluding carboxylic acids is 1. The van der Waals surface area contributed by atoms with Gasteiger partial charge in [0.25, 0.3) is 0 Å². The first-order valence-corrected chi connectivity index (χ1v) is 7.47. The Morgan fingerprint density at radius 3 is 2.82 bits per heavy atom. The number of thiophene rings is 1. The molecule has 2 heterocycles. The number of furan rings is 1. The van der Waals surface area contributed by atoms with E-state index in [0.29, 0.717) is 5.76 Å². The minimum Gasteiger partial charge on any atom is -0.461 e. The van der Waals surface area contributed by atoms with E-state index in [1.807, 2.05) is 6.26 Å². The molecule has 0 amide bonds. The second-order valence-corrected chi connectivity index (χ2v) is 5.96. The van der Waals surface area contributed by atoms with Gasteiger partial charge < -0.3 is 4.42 Å². The van der Waals surface area contributed by atoms with Crippen molar-refractivity contribution in [2.75, 3.05) is 6.26 Å². The molecule has 4 heteroatoms. The number of aryl methyl sites for hydroxylation is 1. The van der Waals surface area contributed by atoms with Crippen molar-refractivity contribution in [2.45, 2.75) is 24.5 Å². The third kappa shape index (κ3) is 2.19. The van der Waals surface area contributed by atoms with Crippen LogP contribution in [-0.2, 0) is 6.42 Å². The molecule has 0 saturated heterocycles. The van der Waals surface area contributed by atoms with E-state index in [1.165, 1.54) is 11.1 Å². The standard InChI is InChI=1S/C13H14O2S2/c1-4-9-8(2)17-13(16-3)11(9)12(14)10-6-5-7-15-10/h5-7H,4H2,1-3H3. The number of ketones is 1. The molecule has 0 saturated carbocycles. The highest BCUT2D eigenvalue weighted by Crippen LogP contribution is 2.36. The molecule has 0 spiro atoms. The molecule has 0 aliphatic rings. The summed E-state index contributed by atoms with van der Waals surface area (Å²) >= 11 is 3.32. The number of carbonyl (C=O) groups is 1. The van der Waals surface area contributed by atoms with Crippen LogP contribution in [0.4, 0.5) is 0 Å². The summed E-state index contributed by atoms with van der Waals surface area (Å²) in [5, 5.41) is 0. The lowest BCUT2D eigenvalue weighted by atomic mass is 10.0. The Morgan fingerprint density at radius 1 is 1.53 bits per heavy atom. The lowest BCUT2D eigenvalue weighted by Crippen LogP contribution is -2.03. The van der Waals surface area contributed by atoms with Crippen molar-refractivity contribution in [3.63, 3.8) is 0 Å². The van der Waals surface area contributed by atoms with Gasteiger partial charge >= 0.3 is 0 Å². The second kappa shape index (κ2) is 5.10. The average Bonchev–Trinajstić information content (AvgIpc) is 2.94. The predicted molar refractivity (Wildman–Crippen MR) is 72.4 cm³/mol. The Morgan fingerprint density at radius 2 is 2.29 bits per heavy atom. The molecule has 90 valence electrons. The monoisotopic (exact) mass is 266 g/mol. The van der Waals surface area contributed by atoms with Crippen LogP contribution >= 0.6 is 23.1 Å². The van der Waals surface area contributed by atoms with E-state index in [4.69, 9.17) is 4.42 Å². The molecule has 0 aliphatic heterocycles. The Hall–Kier alpha value is -1.00. The first kappa shape index (κ1) is 12.5. The zero-order chi connectivity index (χ0) is 12.4. The van der Waals surface area contributed by atoms with E-state index in [1.54, 1.807) is 35.2 Å². The molecule has 0 aliphatic carbocycles. The molecule has 0 aromatic carbocycles. The van der Waals surface area contributed by atoms with E-state index in [0.717, 1.165) is 21.8 Å². The third-order valence-electron chi connectivity index (χ3n) is 2.69. The lowest BCUT2D eigenvalue weighted by molar-refractivity contribution is 0.101. The largest absolute Gasteiger partial charge is 0.461 e. The second-order valence-electron chi connectivity index (χ2n) is 3.66. The van der Waals surface area contributed by atoms with Crippen molar-refractivity contribution in [2.24, 2.45) is 0 Å². The van der Waals surface area contributed by atoms with Gasteiger partial charge in [-0.3, -0.25) is 4.79 Å². The van der Waals surface area contributed by atoms with Crippen LogP contribution in [0.5, 0.6) is 0 Å². The summed E-state index contributed by atoms with van der Waals surface area (Å²) in [7, 11) is 0. The SMILES string of the molecule is CCc1c(C)sc(SC)c1C(=O)c1ccco1. The molecule has 2 aromatic heterocycles. The highest BCUT2D eigenvalue weighted by Gasteiger charge is 2.23. The van der Waals surface area contributed by atoms with Crippen LogP contribution in [0.2, 0.25) is 0 Å². The molecular weight excluding hydrogens is 252 g/mol. The summed E-state index contributed by atoms with van der Waals surface area (Å²) in [6.07, 6.45) is 4.42.